The number of hydrogen-bond acceptors (Lipinski definition) is 2. The fourth-order valence-corrected chi connectivity index (χ4v) is 1.92. The van der Waals surface area contributed by atoms with E-state index in [0.717, 1.165) is 11.1 Å². The third-order valence-corrected chi connectivity index (χ3v) is 2.99. The molecule has 0 saturated carbocycles. The highest BCUT2D eigenvalue weighted by Gasteiger charge is 2.13. The SMILES string of the molecule is Cc1ccccc1Cc1cccc(C(=O)O)c1O. The van der Waals surface area contributed by atoms with Gasteiger partial charge in [0.15, 0.2) is 0 Å². The maximum absolute atomic E-state index is 10.9. The van der Waals surface area contributed by atoms with Crippen molar-refractivity contribution in [2.24, 2.45) is 0 Å². The fraction of sp³-hybridized carbons (Fsp3) is 0.133. The fourth-order valence-electron chi connectivity index (χ4n) is 1.92. The van der Waals surface area contributed by atoms with Crippen molar-refractivity contribution in [3.63, 3.8) is 0 Å². The molecule has 0 spiro atoms. The van der Waals surface area contributed by atoms with Crippen LogP contribution in [-0.4, -0.2) is 16.2 Å². The van der Waals surface area contributed by atoms with Crippen molar-refractivity contribution in [3.05, 3.63) is 64.7 Å². The van der Waals surface area contributed by atoms with E-state index in [1.54, 1.807) is 12.1 Å². The molecule has 0 aromatic heterocycles. The Morgan fingerprint density at radius 1 is 1.06 bits per heavy atom. The van der Waals surface area contributed by atoms with Crippen molar-refractivity contribution in [1.82, 2.24) is 0 Å². The summed E-state index contributed by atoms with van der Waals surface area (Å²) < 4.78 is 0. The van der Waals surface area contributed by atoms with Crippen LogP contribution in [0.25, 0.3) is 0 Å². The zero-order chi connectivity index (χ0) is 13.1. The first kappa shape index (κ1) is 12.2. The van der Waals surface area contributed by atoms with Crippen LogP contribution < -0.4 is 0 Å². The van der Waals surface area contributed by atoms with Gasteiger partial charge in [-0.15, -0.1) is 0 Å². The van der Waals surface area contributed by atoms with Crippen molar-refractivity contribution in [2.45, 2.75) is 13.3 Å². The molecule has 0 bridgehead atoms. The van der Waals surface area contributed by atoms with Crippen molar-refractivity contribution in [1.29, 1.82) is 0 Å². The predicted octanol–water partition coefficient (Wildman–Crippen LogP) is 2.99. The van der Waals surface area contributed by atoms with E-state index in [9.17, 15) is 9.90 Å². The van der Waals surface area contributed by atoms with Crippen LogP contribution in [0.15, 0.2) is 42.5 Å². The number of hydrogen-bond donors (Lipinski definition) is 2. The van der Waals surface area contributed by atoms with Crippen LogP contribution in [0.3, 0.4) is 0 Å². The zero-order valence-corrected chi connectivity index (χ0v) is 10.1. The summed E-state index contributed by atoms with van der Waals surface area (Å²) in [4.78, 5) is 10.9. The number of aryl methyl sites for hydroxylation is 1. The van der Waals surface area contributed by atoms with Crippen LogP contribution in [0.2, 0.25) is 0 Å². The van der Waals surface area contributed by atoms with Gasteiger partial charge in [0.2, 0.25) is 0 Å². The van der Waals surface area contributed by atoms with Crippen LogP contribution in [-0.2, 0) is 6.42 Å². The number of aromatic hydroxyl groups is 1. The second-order valence-corrected chi connectivity index (χ2v) is 4.22. The van der Waals surface area contributed by atoms with Gasteiger partial charge in [-0.3, -0.25) is 0 Å². The van der Waals surface area contributed by atoms with E-state index in [0.29, 0.717) is 12.0 Å². The quantitative estimate of drug-likeness (QED) is 0.869. The van der Waals surface area contributed by atoms with Crippen molar-refractivity contribution in [2.75, 3.05) is 0 Å². The largest absolute Gasteiger partial charge is 0.507 e. The number of carboxylic acid groups (broad SMARTS) is 1. The first-order valence-corrected chi connectivity index (χ1v) is 5.68. The molecule has 18 heavy (non-hydrogen) atoms. The molecular formula is C15H14O3. The number of carboxylic acids is 1. The molecule has 0 unspecified atom stereocenters. The lowest BCUT2D eigenvalue weighted by Crippen LogP contribution is -2.00. The summed E-state index contributed by atoms with van der Waals surface area (Å²) >= 11 is 0. The second-order valence-electron chi connectivity index (χ2n) is 4.22. The lowest BCUT2D eigenvalue weighted by atomic mass is 9.98. The van der Waals surface area contributed by atoms with Gasteiger partial charge in [-0.2, -0.15) is 0 Å². The highest BCUT2D eigenvalue weighted by molar-refractivity contribution is 5.91. The molecule has 3 nitrogen and oxygen atoms in total. The molecular weight excluding hydrogens is 228 g/mol. The molecule has 2 aromatic carbocycles. The lowest BCUT2D eigenvalue weighted by molar-refractivity contribution is 0.0693. The third kappa shape index (κ3) is 2.35. The van der Waals surface area contributed by atoms with Crippen LogP contribution in [0.5, 0.6) is 5.75 Å². The van der Waals surface area contributed by atoms with E-state index >= 15 is 0 Å². The Morgan fingerprint density at radius 3 is 2.39 bits per heavy atom. The molecule has 2 rings (SSSR count). The summed E-state index contributed by atoms with van der Waals surface area (Å²) in [5.74, 6) is -1.26. The van der Waals surface area contributed by atoms with Gasteiger partial charge in [0.25, 0.3) is 0 Å². The Hall–Kier alpha value is -2.29. The van der Waals surface area contributed by atoms with Gasteiger partial charge in [0, 0.05) is 6.42 Å². The third-order valence-electron chi connectivity index (χ3n) is 2.99. The molecule has 92 valence electrons. The Balaban J connectivity index is 2.39. The Labute approximate surface area is 105 Å². The first-order chi connectivity index (χ1) is 8.59. The first-order valence-electron chi connectivity index (χ1n) is 5.68. The molecule has 0 saturated heterocycles. The maximum atomic E-state index is 10.9. The number of para-hydroxylation sites is 1. The summed E-state index contributed by atoms with van der Waals surface area (Å²) in [5, 5.41) is 18.9. The topological polar surface area (TPSA) is 57.5 Å². The van der Waals surface area contributed by atoms with Gasteiger partial charge in [-0.05, 0) is 29.7 Å². The molecule has 0 aliphatic carbocycles. The van der Waals surface area contributed by atoms with E-state index in [2.05, 4.69) is 0 Å². The van der Waals surface area contributed by atoms with E-state index in [1.165, 1.54) is 6.07 Å². The second kappa shape index (κ2) is 4.92. The van der Waals surface area contributed by atoms with Crippen LogP contribution >= 0.6 is 0 Å². The highest BCUT2D eigenvalue weighted by atomic mass is 16.4. The molecule has 0 heterocycles. The van der Waals surface area contributed by atoms with Crippen LogP contribution in [0.1, 0.15) is 27.0 Å². The summed E-state index contributed by atoms with van der Waals surface area (Å²) in [6.07, 6.45) is 0.527. The molecule has 0 fully saturated rings. The van der Waals surface area contributed by atoms with Crippen molar-refractivity contribution >= 4 is 5.97 Å². The minimum atomic E-state index is -1.11. The molecule has 0 aliphatic heterocycles. The smallest absolute Gasteiger partial charge is 0.339 e. The summed E-state index contributed by atoms with van der Waals surface area (Å²) in [7, 11) is 0. The molecule has 0 radical (unpaired) electrons. The van der Waals surface area contributed by atoms with Crippen molar-refractivity contribution < 1.29 is 15.0 Å². The molecule has 3 heteroatoms. The summed E-state index contributed by atoms with van der Waals surface area (Å²) in [6.45, 7) is 1.99. The maximum Gasteiger partial charge on any atom is 0.339 e. The van der Waals surface area contributed by atoms with Crippen molar-refractivity contribution in [3.8, 4) is 5.75 Å². The van der Waals surface area contributed by atoms with Crippen LogP contribution in [0.4, 0.5) is 0 Å². The minimum absolute atomic E-state index is 0.0546. The van der Waals surface area contributed by atoms with E-state index in [4.69, 9.17) is 5.11 Å². The van der Waals surface area contributed by atoms with Gasteiger partial charge in [0.1, 0.15) is 11.3 Å². The number of rotatable bonds is 3. The number of benzene rings is 2. The predicted molar refractivity (Wildman–Crippen MR) is 69.1 cm³/mol. The Bertz CT molecular complexity index is 588. The van der Waals surface area contributed by atoms with Gasteiger partial charge < -0.3 is 10.2 Å². The molecule has 0 aliphatic rings. The molecule has 2 N–H and O–H groups in total. The monoisotopic (exact) mass is 242 g/mol. The van der Waals surface area contributed by atoms with Crippen LogP contribution in [0, 0.1) is 6.92 Å². The Morgan fingerprint density at radius 2 is 1.72 bits per heavy atom. The average molecular weight is 242 g/mol. The normalized spacial score (nSPS) is 10.3. The zero-order valence-electron chi connectivity index (χ0n) is 10.1. The van der Waals surface area contributed by atoms with Gasteiger partial charge in [-0.1, -0.05) is 36.4 Å². The summed E-state index contributed by atoms with van der Waals surface area (Å²) in [5.41, 5.74) is 2.78. The van der Waals surface area contributed by atoms with E-state index < -0.39 is 5.97 Å². The van der Waals surface area contributed by atoms with Gasteiger partial charge in [0.05, 0.1) is 0 Å². The number of carbonyl (C=O) groups is 1. The van der Waals surface area contributed by atoms with Gasteiger partial charge >= 0.3 is 5.97 Å². The van der Waals surface area contributed by atoms with Gasteiger partial charge in [-0.25, -0.2) is 4.79 Å². The number of aromatic carboxylic acids is 1. The minimum Gasteiger partial charge on any atom is -0.507 e. The van der Waals surface area contributed by atoms with E-state index in [1.807, 2.05) is 31.2 Å². The standard InChI is InChI=1S/C15H14O3/c1-10-5-2-3-6-11(10)9-12-7-4-8-13(14(12)16)15(17)18/h2-8,16H,9H2,1H3,(H,17,18). The van der Waals surface area contributed by atoms with E-state index in [-0.39, 0.29) is 11.3 Å². The summed E-state index contributed by atoms with van der Waals surface area (Å²) in [6, 6.07) is 12.6. The highest BCUT2D eigenvalue weighted by Crippen LogP contribution is 2.25. The molecule has 0 amide bonds. The Kier molecular flexibility index (Phi) is 3.33. The lowest BCUT2D eigenvalue weighted by Gasteiger charge is -2.09. The number of phenols is 1. The molecule has 2 aromatic rings. The average Bonchev–Trinajstić information content (AvgIpc) is 2.34. The molecule has 0 atom stereocenters.